The zero-order valence-electron chi connectivity index (χ0n) is 10.5. The molecule has 0 radical (unpaired) electrons. The molecule has 0 bridgehead atoms. The second-order valence-electron chi connectivity index (χ2n) is 5.08. The van der Waals surface area contributed by atoms with Crippen LogP contribution in [0.15, 0.2) is 0 Å². The highest BCUT2D eigenvalue weighted by atomic mass is 32.1. The maximum Gasteiger partial charge on any atom is 0.0933 e. The number of nitrogens with one attached hydrogen (secondary N) is 1. The molecule has 0 saturated heterocycles. The molecule has 1 atom stereocenters. The number of aromatic nitrogens is 1. The Morgan fingerprint density at radius 1 is 1.44 bits per heavy atom. The van der Waals surface area contributed by atoms with Gasteiger partial charge in [0.25, 0.3) is 0 Å². The summed E-state index contributed by atoms with van der Waals surface area (Å²) in [5.74, 6) is 0.746. The number of hydrogen-bond donors (Lipinski definition) is 1. The standard InChI is InChI=1S/C13H22N2S/c1-9(6-7-14-12-4-5-12)8-13-15-10(2)11(3)16-13/h9,12,14H,4-8H2,1-3H3. The van der Waals surface area contributed by atoms with Gasteiger partial charge in [-0.2, -0.15) is 0 Å². The van der Waals surface area contributed by atoms with E-state index in [-0.39, 0.29) is 0 Å². The Morgan fingerprint density at radius 3 is 2.75 bits per heavy atom. The second kappa shape index (κ2) is 5.28. The van der Waals surface area contributed by atoms with Crippen LogP contribution >= 0.6 is 11.3 Å². The van der Waals surface area contributed by atoms with Gasteiger partial charge in [0.1, 0.15) is 0 Å². The van der Waals surface area contributed by atoms with E-state index in [9.17, 15) is 0 Å². The van der Waals surface area contributed by atoms with Gasteiger partial charge in [-0.05, 0) is 45.6 Å². The van der Waals surface area contributed by atoms with Gasteiger partial charge in [0.15, 0.2) is 0 Å². The SMILES string of the molecule is Cc1nc(CC(C)CCNC2CC2)sc1C. The van der Waals surface area contributed by atoms with E-state index in [1.165, 1.54) is 41.4 Å². The number of hydrogen-bond acceptors (Lipinski definition) is 3. The van der Waals surface area contributed by atoms with Crippen molar-refractivity contribution in [1.82, 2.24) is 10.3 Å². The summed E-state index contributed by atoms with van der Waals surface area (Å²) >= 11 is 1.86. The van der Waals surface area contributed by atoms with Crippen molar-refractivity contribution in [3.8, 4) is 0 Å². The van der Waals surface area contributed by atoms with Gasteiger partial charge in [-0.1, -0.05) is 6.92 Å². The lowest BCUT2D eigenvalue weighted by Crippen LogP contribution is -2.20. The van der Waals surface area contributed by atoms with Gasteiger partial charge < -0.3 is 5.32 Å². The van der Waals surface area contributed by atoms with Crippen LogP contribution in [0.4, 0.5) is 0 Å². The van der Waals surface area contributed by atoms with Gasteiger partial charge in [0, 0.05) is 17.3 Å². The summed E-state index contributed by atoms with van der Waals surface area (Å²) in [4.78, 5) is 5.98. The second-order valence-corrected chi connectivity index (χ2v) is 6.36. The molecule has 90 valence electrons. The van der Waals surface area contributed by atoms with Gasteiger partial charge in [0.05, 0.1) is 10.7 Å². The van der Waals surface area contributed by atoms with Crippen molar-refractivity contribution in [2.75, 3.05) is 6.54 Å². The molecule has 0 aromatic carbocycles. The van der Waals surface area contributed by atoms with E-state index in [1.807, 2.05) is 11.3 Å². The van der Waals surface area contributed by atoms with Crippen LogP contribution in [0.25, 0.3) is 0 Å². The van der Waals surface area contributed by atoms with Crippen molar-refractivity contribution in [3.05, 3.63) is 15.6 Å². The summed E-state index contributed by atoms with van der Waals surface area (Å²) in [7, 11) is 0. The molecular formula is C13H22N2S. The van der Waals surface area contributed by atoms with Crippen molar-refractivity contribution in [2.45, 2.75) is 52.5 Å². The minimum absolute atomic E-state index is 0.746. The number of nitrogens with zero attached hydrogens (tertiary/aromatic N) is 1. The first kappa shape index (κ1) is 12.1. The summed E-state index contributed by atoms with van der Waals surface area (Å²) < 4.78 is 0. The van der Waals surface area contributed by atoms with E-state index < -0.39 is 0 Å². The minimum Gasteiger partial charge on any atom is -0.314 e. The van der Waals surface area contributed by atoms with E-state index in [1.54, 1.807) is 0 Å². The smallest absolute Gasteiger partial charge is 0.0933 e. The lowest BCUT2D eigenvalue weighted by atomic mass is 10.0. The van der Waals surface area contributed by atoms with Crippen molar-refractivity contribution in [2.24, 2.45) is 5.92 Å². The van der Waals surface area contributed by atoms with Gasteiger partial charge in [-0.3, -0.25) is 0 Å². The van der Waals surface area contributed by atoms with E-state index >= 15 is 0 Å². The molecule has 1 N–H and O–H groups in total. The Kier molecular flexibility index (Phi) is 3.98. The molecule has 0 spiro atoms. The number of rotatable bonds is 6. The molecule has 0 aliphatic heterocycles. The monoisotopic (exact) mass is 238 g/mol. The third-order valence-corrected chi connectivity index (χ3v) is 4.34. The zero-order chi connectivity index (χ0) is 11.5. The Morgan fingerprint density at radius 2 is 2.19 bits per heavy atom. The lowest BCUT2D eigenvalue weighted by Gasteiger charge is -2.09. The molecule has 16 heavy (non-hydrogen) atoms. The van der Waals surface area contributed by atoms with Crippen molar-refractivity contribution in [1.29, 1.82) is 0 Å². The average molecular weight is 238 g/mol. The summed E-state index contributed by atoms with van der Waals surface area (Å²) in [6.07, 6.45) is 5.19. The molecule has 2 rings (SSSR count). The predicted molar refractivity (Wildman–Crippen MR) is 70.1 cm³/mol. The van der Waals surface area contributed by atoms with Gasteiger partial charge in [-0.15, -0.1) is 11.3 Å². The molecule has 2 nitrogen and oxygen atoms in total. The molecule has 1 aliphatic carbocycles. The molecule has 1 saturated carbocycles. The lowest BCUT2D eigenvalue weighted by molar-refractivity contribution is 0.496. The fourth-order valence-corrected chi connectivity index (χ4v) is 2.95. The minimum atomic E-state index is 0.746. The molecule has 1 fully saturated rings. The number of aryl methyl sites for hydroxylation is 2. The normalized spacial score (nSPS) is 17.7. The summed E-state index contributed by atoms with van der Waals surface area (Å²) in [5.41, 5.74) is 1.21. The van der Waals surface area contributed by atoms with E-state index in [0.29, 0.717) is 0 Å². The van der Waals surface area contributed by atoms with Crippen molar-refractivity contribution >= 4 is 11.3 Å². The maximum absolute atomic E-state index is 4.60. The van der Waals surface area contributed by atoms with Crippen LogP contribution in [0.2, 0.25) is 0 Å². The molecule has 1 heterocycles. The van der Waals surface area contributed by atoms with Crippen LogP contribution in [-0.2, 0) is 6.42 Å². The van der Waals surface area contributed by atoms with Gasteiger partial charge >= 0.3 is 0 Å². The predicted octanol–water partition coefficient (Wildman–Crippen LogP) is 3.08. The quantitative estimate of drug-likeness (QED) is 0.824. The van der Waals surface area contributed by atoms with Crippen LogP contribution in [-0.4, -0.2) is 17.6 Å². The van der Waals surface area contributed by atoms with Crippen LogP contribution < -0.4 is 5.32 Å². The van der Waals surface area contributed by atoms with Crippen molar-refractivity contribution in [3.63, 3.8) is 0 Å². The van der Waals surface area contributed by atoms with Crippen LogP contribution in [0.5, 0.6) is 0 Å². The van der Waals surface area contributed by atoms with Gasteiger partial charge in [-0.25, -0.2) is 4.98 Å². The Labute approximate surface area is 102 Å². The molecule has 0 amide bonds. The first-order valence-electron chi connectivity index (χ1n) is 6.31. The summed E-state index contributed by atoms with van der Waals surface area (Å²) in [6.45, 7) is 7.78. The molecule has 1 unspecified atom stereocenters. The Balaban J connectivity index is 1.70. The fourth-order valence-electron chi connectivity index (χ4n) is 1.85. The molecule has 3 heteroatoms. The zero-order valence-corrected chi connectivity index (χ0v) is 11.4. The number of thiazole rings is 1. The molecular weight excluding hydrogens is 216 g/mol. The first-order chi connectivity index (χ1) is 7.65. The maximum atomic E-state index is 4.60. The summed E-state index contributed by atoms with van der Waals surface area (Å²) in [5, 5.41) is 4.89. The highest BCUT2D eigenvalue weighted by molar-refractivity contribution is 7.11. The first-order valence-corrected chi connectivity index (χ1v) is 7.13. The Bertz CT molecular complexity index is 322. The van der Waals surface area contributed by atoms with E-state index in [4.69, 9.17) is 0 Å². The largest absolute Gasteiger partial charge is 0.314 e. The third-order valence-electron chi connectivity index (χ3n) is 3.24. The van der Waals surface area contributed by atoms with E-state index in [2.05, 4.69) is 31.1 Å². The fraction of sp³-hybridized carbons (Fsp3) is 0.769. The Hall–Kier alpha value is -0.410. The molecule has 1 aromatic heterocycles. The van der Waals surface area contributed by atoms with Gasteiger partial charge in [0.2, 0.25) is 0 Å². The average Bonchev–Trinajstić information content (AvgIpc) is 2.96. The summed E-state index contributed by atoms with van der Waals surface area (Å²) in [6, 6.07) is 0.844. The van der Waals surface area contributed by atoms with Crippen molar-refractivity contribution < 1.29 is 0 Å². The van der Waals surface area contributed by atoms with E-state index in [0.717, 1.165) is 18.4 Å². The van der Waals surface area contributed by atoms with Crippen LogP contribution in [0.3, 0.4) is 0 Å². The third kappa shape index (κ3) is 3.56. The molecule has 1 aromatic rings. The van der Waals surface area contributed by atoms with Crippen LogP contribution in [0.1, 0.15) is 41.8 Å². The highest BCUT2D eigenvalue weighted by Crippen LogP contribution is 2.21. The highest BCUT2D eigenvalue weighted by Gasteiger charge is 2.20. The molecule has 1 aliphatic rings. The van der Waals surface area contributed by atoms with Crippen LogP contribution in [0, 0.1) is 19.8 Å². The topological polar surface area (TPSA) is 24.9 Å².